The lowest BCUT2D eigenvalue weighted by molar-refractivity contribution is -0.139. The number of rotatable bonds is 3. The van der Waals surface area contributed by atoms with Crippen molar-refractivity contribution < 1.29 is 14.3 Å². The Morgan fingerprint density at radius 1 is 1.23 bits per heavy atom. The normalized spacial score (nSPS) is 18.6. The van der Waals surface area contributed by atoms with Crippen molar-refractivity contribution in [2.45, 2.75) is 18.5 Å². The molecule has 2 atom stereocenters. The molecule has 2 aromatic carbocycles. The number of aliphatic carboxylic acids is 1. The van der Waals surface area contributed by atoms with E-state index in [4.69, 9.17) is 5.73 Å². The molecule has 0 saturated heterocycles. The summed E-state index contributed by atoms with van der Waals surface area (Å²) in [6.45, 7) is 0.647. The molecule has 22 heavy (non-hydrogen) atoms. The number of benzene rings is 2. The lowest BCUT2D eigenvalue weighted by Crippen LogP contribution is -2.49. The summed E-state index contributed by atoms with van der Waals surface area (Å²) in [5.74, 6) is -1.37. The molecule has 4 nitrogen and oxygen atoms in total. The second-order valence-corrected chi connectivity index (χ2v) is 5.43. The lowest BCUT2D eigenvalue weighted by Gasteiger charge is -2.40. The number of fused-ring (bicyclic) bond motifs is 1. The Morgan fingerprint density at radius 2 is 1.91 bits per heavy atom. The van der Waals surface area contributed by atoms with E-state index in [9.17, 15) is 14.3 Å². The first-order valence-electron chi connectivity index (χ1n) is 7.16. The first-order valence-corrected chi connectivity index (χ1v) is 7.16. The molecular formula is C17H17FN2O2. The maximum Gasteiger partial charge on any atom is 0.322 e. The van der Waals surface area contributed by atoms with Crippen molar-refractivity contribution >= 4 is 11.7 Å². The molecule has 0 fully saturated rings. The number of nitrogens with two attached hydrogens (primary N) is 1. The van der Waals surface area contributed by atoms with Crippen molar-refractivity contribution in [2.24, 2.45) is 5.73 Å². The van der Waals surface area contributed by atoms with Gasteiger partial charge in [0.25, 0.3) is 0 Å². The van der Waals surface area contributed by atoms with E-state index in [-0.39, 0.29) is 5.82 Å². The first-order chi connectivity index (χ1) is 10.6. The number of carboxylic acid groups (broad SMARTS) is 1. The summed E-state index contributed by atoms with van der Waals surface area (Å²) in [4.78, 5) is 13.4. The number of hydrogen-bond acceptors (Lipinski definition) is 3. The number of carbonyl (C=O) groups is 1. The summed E-state index contributed by atoms with van der Waals surface area (Å²) in [5.41, 5.74) is 8.76. The van der Waals surface area contributed by atoms with E-state index in [1.54, 1.807) is 12.1 Å². The summed E-state index contributed by atoms with van der Waals surface area (Å²) < 4.78 is 13.1. The van der Waals surface area contributed by atoms with Crippen molar-refractivity contribution in [1.29, 1.82) is 0 Å². The van der Waals surface area contributed by atoms with Gasteiger partial charge in [0.15, 0.2) is 0 Å². The summed E-state index contributed by atoms with van der Waals surface area (Å²) in [7, 11) is 0. The van der Waals surface area contributed by atoms with Crippen LogP contribution in [0.15, 0.2) is 48.5 Å². The van der Waals surface area contributed by atoms with Crippen molar-refractivity contribution in [1.82, 2.24) is 0 Å². The maximum atomic E-state index is 13.1. The predicted molar refractivity (Wildman–Crippen MR) is 82.2 cm³/mol. The number of carboxylic acids is 1. The molecule has 3 N–H and O–H groups in total. The highest BCUT2D eigenvalue weighted by Crippen LogP contribution is 2.35. The van der Waals surface area contributed by atoms with Crippen LogP contribution in [0.2, 0.25) is 0 Å². The quantitative estimate of drug-likeness (QED) is 0.913. The second-order valence-electron chi connectivity index (χ2n) is 5.43. The van der Waals surface area contributed by atoms with E-state index in [1.807, 2.05) is 29.2 Å². The molecule has 2 aromatic rings. The van der Waals surface area contributed by atoms with Crippen LogP contribution in [0.25, 0.3) is 0 Å². The van der Waals surface area contributed by atoms with Gasteiger partial charge in [0.05, 0.1) is 6.04 Å². The van der Waals surface area contributed by atoms with Crippen LogP contribution < -0.4 is 10.6 Å². The van der Waals surface area contributed by atoms with Gasteiger partial charge in [-0.2, -0.15) is 0 Å². The van der Waals surface area contributed by atoms with Crippen molar-refractivity contribution in [3.63, 3.8) is 0 Å². The fourth-order valence-electron chi connectivity index (χ4n) is 3.04. The first kappa shape index (κ1) is 14.5. The van der Waals surface area contributed by atoms with Crippen LogP contribution in [0, 0.1) is 5.82 Å². The predicted octanol–water partition coefficient (Wildman–Crippen LogP) is 2.34. The van der Waals surface area contributed by atoms with E-state index in [2.05, 4.69) is 0 Å². The highest BCUT2D eigenvalue weighted by atomic mass is 19.1. The van der Waals surface area contributed by atoms with Gasteiger partial charge in [0, 0.05) is 12.2 Å². The minimum atomic E-state index is -1.05. The standard InChI is InChI=1S/C17H17FN2O2/c18-12-5-7-13(8-6-12)20-10-9-11-3-1-2-4-14(11)16(20)15(19)17(21)22/h1-8,15-16H,9-10,19H2,(H,21,22)/t15-,16-/m0/s1. The average Bonchev–Trinajstić information content (AvgIpc) is 2.54. The zero-order valence-electron chi connectivity index (χ0n) is 11.9. The summed E-state index contributed by atoms with van der Waals surface area (Å²) >= 11 is 0. The molecule has 1 aliphatic rings. The van der Waals surface area contributed by atoms with Gasteiger partial charge in [-0.05, 0) is 41.8 Å². The molecule has 0 amide bonds. The van der Waals surface area contributed by atoms with Crippen LogP contribution in [0.4, 0.5) is 10.1 Å². The Kier molecular flexibility index (Phi) is 3.81. The summed E-state index contributed by atoms with van der Waals surface area (Å²) in [6, 6.07) is 12.3. The van der Waals surface area contributed by atoms with Crippen LogP contribution in [-0.2, 0) is 11.2 Å². The summed E-state index contributed by atoms with van der Waals surface area (Å²) in [6.07, 6.45) is 0.802. The topological polar surface area (TPSA) is 66.6 Å². The third kappa shape index (κ3) is 2.55. The molecule has 5 heteroatoms. The van der Waals surface area contributed by atoms with Crippen LogP contribution in [0.5, 0.6) is 0 Å². The van der Waals surface area contributed by atoms with Gasteiger partial charge in [0.2, 0.25) is 0 Å². The van der Waals surface area contributed by atoms with E-state index >= 15 is 0 Å². The van der Waals surface area contributed by atoms with Crippen LogP contribution in [-0.4, -0.2) is 23.7 Å². The average molecular weight is 300 g/mol. The zero-order valence-corrected chi connectivity index (χ0v) is 11.9. The van der Waals surface area contributed by atoms with Gasteiger partial charge < -0.3 is 15.7 Å². The lowest BCUT2D eigenvalue weighted by atomic mass is 9.88. The van der Waals surface area contributed by atoms with E-state index < -0.39 is 18.1 Å². The molecule has 0 aromatic heterocycles. The molecule has 0 unspecified atom stereocenters. The third-order valence-corrected chi connectivity index (χ3v) is 4.12. The fourth-order valence-corrected chi connectivity index (χ4v) is 3.04. The second kappa shape index (κ2) is 5.77. The van der Waals surface area contributed by atoms with Crippen LogP contribution in [0.3, 0.4) is 0 Å². The summed E-state index contributed by atoms with van der Waals surface area (Å²) in [5, 5.41) is 9.36. The third-order valence-electron chi connectivity index (χ3n) is 4.12. The van der Waals surface area contributed by atoms with Gasteiger partial charge in [-0.25, -0.2) is 4.39 Å². The molecule has 0 saturated carbocycles. The van der Waals surface area contributed by atoms with E-state index in [1.165, 1.54) is 12.1 Å². The maximum absolute atomic E-state index is 13.1. The zero-order chi connectivity index (χ0) is 15.7. The molecule has 3 rings (SSSR count). The largest absolute Gasteiger partial charge is 0.480 e. The minimum absolute atomic E-state index is 0.319. The monoisotopic (exact) mass is 300 g/mol. The van der Waals surface area contributed by atoms with Crippen molar-refractivity contribution in [2.75, 3.05) is 11.4 Å². The molecular weight excluding hydrogens is 283 g/mol. The number of nitrogens with zero attached hydrogens (tertiary/aromatic N) is 1. The molecule has 0 radical (unpaired) electrons. The minimum Gasteiger partial charge on any atom is -0.480 e. The Morgan fingerprint density at radius 3 is 2.59 bits per heavy atom. The van der Waals surface area contributed by atoms with Crippen molar-refractivity contribution in [3.05, 3.63) is 65.5 Å². The van der Waals surface area contributed by atoms with E-state index in [0.717, 1.165) is 23.2 Å². The van der Waals surface area contributed by atoms with Gasteiger partial charge >= 0.3 is 5.97 Å². The Hall–Kier alpha value is -2.40. The van der Waals surface area contributed by atoms with Crippen molar-refractivity contribution in [3.8, 4) is 0 Å². The Bertz CT molecular complexity index is 687. The Labute approximate surface area is 128 Å². The highest BCUT2D eigenvalue weighted by Gasteiger charge is 2.35. The molecule has 1 aliphatic heterocycles. The molecule has 0 aliphatic carbocycles. The highest BCUT2D eigenvalue weighted by molar-refractivity contribution is 5.76. The van der Waals surface area contributed by atoms with Gasteiger partial charge in [-0.15, -0.1) is 0 Å². The van der Waals surface area contributed by atoms with E-state index in [0.29, 0.717) is 6.54 Å². The number of hydrogen-bond donors (Lipinski definition) is 2. The SMILES string of the molecule is N[C@H](C(=O)O)[C@@H]1c2ccccc2CCN1c1ccc(F)cc1. The molecule has 0 spiro atoms. The van der Waals surface area contributed by atoms with Gasteiger partial charge in [-0.3, -0.25) is 4.79 Å². The molecule has 0 bridgehead atoms. The smallest absolute Gasteiger partial charge is 0.322 e. The van der Waals surface area contributed by atoms with Crippen LogP contribution >= 0.6 is 0 Å². The number of halogens is 1. The van der Waals surface area contributed by atoms with Gasteiger partial charge in [-0.1, -0.05) is 24.3 Å². The van der Waals surface area contributed by atoms with Crippen LogP contribution in [0.1, 0.15) is 17.2 Å². The van der Waals surface area contributed by atoms with Gasteiger partial charge in [0.1, 0.15) is 11.9 Å². The fraction of sp³-hybridized carbons (Fsp3) is 0.235. The Balaban J connectivity index is 2.06. The molecule has 114 valence electrons. The molecule has 1 heterocycles. The number of anilines is 1.